The predicted octanol–water partition coefficient (Wildman–Crippen LogP) is 3.73. The van der Waals surface area contributed by atoms with E-state index in [1.165, 1.54) is 12.1 Å². The lowest BCUT2D eigenvalue weighted by Crippen LogP contribution is -2.27. The molecule has 0 unspecified atom stereocenters. The van der Waals surface area contributed by atoms with E-state index in [1.807, 2.05) is 24.3 Å². The number of halogens is 3. The van der Waals surface area contributed by atoms with E-state index in [0.29, 0.717) is 6.42 Å². The molecule has 0 N–H and O–H groups in total. The van der Waals surface area contributed by atoms with E-state index in [0.717, 1.165) is 22.3 Å². The largest absolute Gasteiger partial charge is 0.491 e. The number of carbonyl (C=O) groups is 1. The number of ether oxygens (including phenoxy) is 1. The van der Waals surface area contributed by atoms with Crippen molar-refractivity contribution < 1.29 is 22.7 Å². The highest BCUT2D eigenvalue weighted by atomic mass is 19.4. The lowest BCUT2D eigenvalue weighted by atomic mass is 10.1. The molecule has 0 spiro atoms. The van der Waals surface area contributed by atoms with Crippen LogP contribution in [0.3, 0.4) is 0 Å². The zero-order chi connectivity index (χ0) is 14.3. The van der Waals surface area contributed by atoms with Crippen LogP contribution in [0.25, 0.3) is 11.1 Å². The highest BCUT2D eigenvalue weighted by Gasteiger charge is 2.41. The second kappa shape index (κ2) is 4.37. The summed E-state index contributed by atoms with van der Waals surface area (Å²) < 4.78 is 40.8. The molecule has 5 heteroatoms. The summed E-state index contributed by atoms with van der Waals surface area (Å²) in [6.45, 7) is 0. The molecule has 2 nitrogen and oxygen atoms in total. The molecule has 2 aromatic carbocycles. The van der Waals surface area contributed by atoms with Crippen LogP contribution in [0.2, 0.25) is 0 Å². The maximum Gasteiger partial charge on any atom is 0.491 e. The van der Waals surface area contributed by atoms with Gasteiger partial charge in [0.1, 0.15) is 5.75 Å². The lowest BCUT2D eigenvalue weighted by molar-refractivity contribution is -0.189. The zero-order valence-corrected chi connectivity index (χ0v) is 10.2. The van der Waals surface area contributed by atoms with E-state index < -0.39 is 12.1 Å². The van der Waals surface area contributed by atoms with Crippen molar-refractivity contribution in [2.75, 3.05) is 0 Å². The van der Waals surface area contributed by atoms with Gasteiger partial charge in [-0.3, -0.25) is 0 Å². The van der Waals surface area contributed by atoms with Gasteiger partial charge in [0.15, 0.2) is 0 Å². The second-order valence-corrected chi connectivity index (χ2v) is 4.54. The summed E-state index contributed by atoms with van der Waals surface area (Å²) >= 11 is 0. The van der Waals surface area contributed by atoms with Crippen molar-refractivity contribution in [2.24, 2.45) is 0 Å². The molecule has 0 saturated heterocycles. The van der Waals surface area contributed by atoms with Crippen LogP contribution in [0.4, 0.5) is 13.2 Å². The molecule has 3 rings (SSSR count). The van der Waals surface area contributed by atoms with Gasteiger partial charge in [0.2, 0.25) is 0 Å². The number of hydrogen-bond acceptors (Lipinski definition) is 2. The zero-order valence-electron chi connectivity index (χ0n) is 10.2. The number of rotatable bonds is 1. The Morgan fingerprint density at radius 2 is 1.70 bits per heavy atom. The molecule has 0 atom stereocenters. The normalized spacial score (nSPS) is 12.8. The van der Waals surface area contributed by atoms with E-state index in [4.69, 9.17) is 0 Å². The number of carbonyl (C=O) groups excluding carboxylic acids is 1. The van der Waals surface area contributed by atoms with Crippen LogP contribution in [-0.2, 0) is 11.2 Å². The molecule has 20 heavy (non-hydrogen) atoms. The van der Waals surface area contributed by atoms with Gasteiger partial charge in [-0.25, -0.2) is 4.79 Å². The average Bonchev–Trinajstić information content (AvgIpc) is 2.75. The van der Waals surface area contributed by atoms with Crippen molar-refractivity contribution in [2.45, 2.75) is 12.6 Å². The minimum Gasteiger partial charge on any atom is -0.420 e. The Hall–Kier alpha value is -2.30. The Labute approximate surface area is 112 Å². The summed E-state index contributed by atoms with van der Waals surface area (Å²) in [6, 6.07) is 12.3. The van der Waals surface area contributed by atoms with Crippen molar-refractivity contribution in [1.82, 2.24) is 0 Å². The van der Waals surface area contributed by atoms with Gasteiger partial charge in [0, 0.05) is 0 Å². The van der Waals surface area contributed by atoms with Crippen molar-refractivity contribution in [1.29, 1.82) is 0 Å². The van der Waals surface area contributed by atoms with Gasteiger partial charge < -0.3 is 4.74 Å². The number of hydrogen-bond donors (Lipinski definition) is 0. The van der Waals surface area contributed by atoms with Gasteiger partial charge >= 0.3 is 12.1 Å². The number of alkyl halides is 3. The first-order valence-corrected chi connectivity index (χ1v) is 5.95. The maximum atomic E-state index is 12.1. The molecular weight excluding hydrogens is 269 g/mol. The highest BCUT2D eigenvalue weighted by molar-refractivity contribution is 5.80. The minimum absolute atomic E-state index is 0.0844. The third kappa shape index (κ3) is 2.15. The van der Waals surface area contributed by atoms with Crippen LogP contribution in [0.5, 0.6) is 5.75 Å². The standard InChI is InChI=1S/C15H9F3O2/c16-15(17,18)14(19)20-11-5-6-13-10(8-11)7-9-3-1-2-4-12(9)13/h1-6,8H,7H2. The van der Waals surface area contributed by atoms with Crippen LogP contribution in [0, 0.1) is 0 Å². The minimum atomic E-state index is -4.98. The number of esters is 1. The summed E-state index contributed by atoms with van der Waals surface area (Å²) in [5, 5.41) is 0. The molecule has 1 aliphatic carbocycles. The third-order valence-corrected chi connectivity index (χ3v) is 3.21. The molecular formula is C15H9F3O2. The van der Waals surface area contributed by atoms with Crippen LogP contribution >= 0.6 is 0 Å². The summed E-state index contributed by atoms with van der Waals surface area (Å²) in [7, 11) is 0. The summed E-state index contributed by atoms with van der Waals surface area (Å²) in [5.41, 5.74) is 4.00. The Bertz CT molecular complexity index is 690. The van der Waals surface area contributed by atoms with E-state index in [9.17, 15) is 18.0 Å². The average molecular weight is 278 g/mol. The molecule has 0 heterocycles. The van der Waals surface area contributed by atoms with Gasteiger partial charge in [0.25, 0.3) is 0 Å². The summed E-state index contributed by atoms with van der Waals surface area (Å²) in [6.07, 6.45) is -4.36. The molecule has 2 aromatic rings. The quantitative estimate of drug-likeness (QED) is 0.501. The smallest absolute Gasteiger partial charge is 0.420 e. The molecule has 0 amide bonds. The Morgan fingerprint density at radius 3 is 2.45 bits per heavy atom. The van der Waals surface area contributed by atoms with Crippen LogP contribution in [0.1, 0.15) is 11.1 Å². The SMILES string of the molecule is O=C(Oc1ccc2c(c1)Cc1ccccc1-2)C(F)(F)F. The fourth-order valence-electron chi connectivity index (χ4n) is 2.35. The van der Waals surface area contributed by atoms with Crippen LogP contribution < -0.4 is 4.74 Å². The topological polar surface area (TPSA) is 26.3 Å². The van der Waals surface area contributed by atoms with Crippen molar-refractivity contribution in [3.63, 3.8) is 0 Å². The molecule has 102 valence electrons. The molecule has 1 aliphatic rings. The maximum absolute atomic E-state index is 12.1. The monoisotopic (exact) mass is 278 g/mol. The predicted molar refractivity (Wildman–Crippen MR) is 66.4 cm³/mol. The Kier molecular flexibility index (Phi) is 2.78. The molecule has 0 fully saturated rings. The molecule has 0 saturated carbocycles. The fraction of sp³-hybridized carbons (Fsp3) is 0.133. The lowest BCUT2D eigenvalue weighted by Gasteiger charge is -2.08. The summed E-state index contributed by atoms with van der Waals surface area (Å²) in [4.78, 5) is 10.8. The van der Waals surface area contributed by atoms with Gasteiger partial charge in [-0.15, -0.1) is 0 Å². The molecule has 0 radical (unpaired) electrons. The molecule has 0 aromatic heterocycles. The van der Waals surface area contributed by atoms with E-state index in [-0.39, 0.29) is 5.75 Å². The first kappa shape index (κ1) is 12.7. The van der Waals surface area contributed by atoms with Gasteiger partial charge in [0.05, 0.1) is 0 Å². The highest BCUT2D eigenvalue weighted by Crippen LogP contribution is 2.38. The van der Waals surface area contributed by atoms with Gasteiger partial charge in [-0.1, -0.05) is 30.3 Å². The van der Waals surface area contributed by atoms with E-state index in [2.05, 4.69) is 4.74 Å². The molecule has 0 aliphatic heterocycles. The first-order chi connectivity index (χ1) is 9.45. The van der Waals surface area contributed by atoms with Crippen molar-refractivity contribution in [3.8, 4) is 16.9 Å². The first-order valence-electron chi connectivity index (χ1n) is 5.95. The number of benzene rings is 2. The third-order valence-electron chi connectivity index (χ3n) is 3.21. The van der Waals surface area contributed by atoms with E-state index in [1.54, 1.807) is 6.07 Å². The van der Waals surface area contributed by atoms with E-state index >= 15 is 0 Å². The van der Waals surface area contributed by atoms with Crippen molar-refractivity contribution in [3.05, 3.63) is 53.6 Å². The Morgan fingerprint density at radius 1 is 1.00 bits per heavy atom. The van der Waals surface area contributed by atoms with Crippen LogP contribution in [0.15, 0.2) is 42.5 Å². The van der Waals surface area contributed by atoms with Gasteiger partial charge in [-0.2, -0.15) is 13.2 Å². The van der Waals surface area contributed by atoms with Crippen LogP contribution in [-0.4, -0.2) is 12.1 Å². The molecule has 0 bridgehead atoms. The van der Waals surface area contributed by atoms with Crippen molar-refractivity contribution >= 4 is 5.97 Å². The second-order valence-electron chi connectivity index (χ2n) is 4.54. The van der Waals surface area contributed by atoms with Gasteiger partial charge in [-0.05, 0) is 40.8 Å². The fourth-order valence-corrected chi connectivity index (χ4v) is 2.35. The summed E-state index contributed by atoms with van der Waals surface area (Å²) in [5.74, 6) is -2.29. The number of fused-ring (bicyclic) bond motifs is 3. The Balaban J connectivity index is 1.90.